The predicted octanol–water partition coefficient (Wildman–Crippen LogP) is 5.05. The van der Waals surface area contributed by atoms with Gasteiger partial charge in [-0.1, -0.05) is 36.7 Å². The number of benzene rings is 3. The molecule has 3 aromatic rings. The first-order chi connectivity index (χ1) is 14.3. The molecular formula is C22H17ClN2O4S. The van der Waals surface area contributed by atoms with Gasteiger partial charge >= 0.3 is 0 Å². The second-order valence-corrected chi connectivity index (χ2v) is 8.93. The van der Waals surface area contributed by atoms with Gasteiger partial charge in [0.25, 0.3) is 5.91 Å². The van der Waals surface area contributed by atoms with E-state index in [0.29, 0.717) is 17.0 Å². The van der Waals surface area contributed by atoms with Crippen molar-refractivity contribution >= 4 is 33.0 Å². The Bertz CT molecular complexity index is 1250. The average molecular weight is 441 g/mol. The van der Waals surface area contributed by atoms with Crippen LogP contribution in [0.3, 0.4) is 0 Å². The number of ether oxygens (including phenoxy) is 1. The fraction of sp³-hybridized carbons (Fsp3) is 0.0909. The molecule has 0 heterocycles. The maximum Gasteiger partial charge on any atom is 0.255 e. The topological polar surface area (TPSA) is 96.3 Å². The fourth-order valence-electron chi connectivity index (χ4n) is 2.66. The number of amides is 1. The van der Waals surface area contributed by atoms with Crippen LogP contribution in [0.1, 0.15) is 22.8 Å². The average Bonchev–Trinajstić information content (AvgIpc) is 2.74. The first-order valence-corrected chi connectivity index (χ1v) is 11.0. The van der Waals surface area contributed by atoms with E-state index in [2.05, 4.69) is 5.32 Å². The molecule has 0 fully saturated rings. The zero-order valence-corrected chi connectivity index (χ0v) is 17.5. The summed E-state index contributed by atoms with van der Waals surface area (Å²) in [5.41, 5.74) is 0.863. The first-order valence-electron chi connectivity index (χ1n) is 8.94. The smallest absolute Gasteiger partial charge is 0.255 e. The second kappa shape index (κ2) is 8.99. The van der Waals surface area contributed by atoms with E-state index < -0.39 is 15.7 Å². The lowest BCUT2D eigenvalue weighted by Crippen LogP contribution is -2.12. The van der Waals surface area contributed by atoms with Gasteiger partial charge in [-0.2, -0.15) is 5.26 Å². The number of carbonyl (C=O) groups excluding carboxylic acids is 1. The van der Waals surface area contributed by atoms with E-state index in [4.69, 9.17) is 16.3 Å². The van der Waals surface area contributed by atoms with Gasteiger partial charge in [-0.25, -0.2) is 8.42 Å². The number of anilines is 1. The van der Waals surface area contributed by atoms with Crippen LogP contribution >= 0.6 is 11.6 Å². The molecule has 0 unspecified atom stereocenters. The van der Waals surface area contributed by atoms with Gasteiger partial charge in [-0.3, -0.25) is 4.79 Å². The Kier molecular flexibility index (Phi) is 6.40. The van der Waals surface area contributed by atoms with Crippen molar-refractivity contribution in [2.24, 2.45) is 0 Å². The molecule has 0 aliphatic rings. The SMILES string of the molecule is CCS(=O)(=O)c1cccc(NC(=O)c2cccc(Oc3cccc(Cl)c3C#N)c2)c1. The number of hydrogen-bond acceptors (Lipinski definition) is 5. The molecule has 6 nitrogen and oxygen atoms in total. The minimum absolute atomic E-state index is 0.0298. The van der Waals surface area contributed by atoms with E-state index in [1.54, 1.807) is 55.5 Å². The minimum atomic E-state index is -3.38. The van der Waals surface area contributed by atoms with Crippen molar-refractivity contribution in [3.63, 3.8) is 0 Å². The molecular weight excluding hydrogens is 424 g/mol. The molecule has 0 spiro atoms. The molecule has 30 heavy (non-hydrogen) atoms. The maximum atomic E-state index is 12.6. The van der Waals surface area contributed by atoms with Crippen molar-refractivity contribution in [1.82, 2.24) is 0 Å². The summed E-state index contributed by atoms with van der Waals surface area (Å²) in [4.78, 5) is 12.8. The van der Waals surface area contributed by atoms with Crippen molar-refractivity contribution in [2.45, 2.75) is 11.8 Å². The molecule has 3 rings (SSSR count). The number of halogens is 1. The zero-order chi connectivity index (χ0) is 21.7. The van der Waals surface area contributed by atoms with E-state index >= 15 is 0 Å². The van der Waals surface area contributed by atoms with Crippen molar-refractivity contribution < 1.29 is 17.9 Å². The monoisotopic (exact) mass is 440 g/mol. The third kappa shape index (κ3) is 4.79. The van der Waals surface area contributed by atoms with Gasteiger partial charge in [-0.15, -0.1) is 0 Å². The first kappa shape index (κ1) is 21.4. The zero-order valence-electron chi connectivity index (χ0n) is 15.9. The van der Waals surface area contributed by atoms with Gasteiger partial charge < -0.3 is 10.1 Å². The molecule has 8 heteroatoms. The summed E-state index contributed by atoms with van der Waals surface area (Å²) >= 11 is 6.01. The van der Waals surface area contributed by atoms with Gasteiger partial charge in [-0.05, 0) is 48.5 Å². The maximum absolute atomic E-state index is 12.6. The van der Waals surface area contributed by atoms with E-state index in [1.807, 2.05) is 6.07 Å². The van der Waals surface area contributed by atoms with E-state index in [0.717, 1.165) is 0 Å². The molecule has 0 saturated heterocycles. The van der Waals surface area contributed by atoms with Crippen LogP contribution in [0, 0.1) is 11.3 Å². The lowest BCUT2D eigenvalue weighted by molar-refractivity contribution is 0.102. The predicted molar refractivity (Wildman–Crippen MR) is 115 cm³/mol. The highest BCUT2D eigenvalue weighted by molar-refractivity contribution is 7.91. The van der Waals surface area contributed by atoms with E-state index in [9.17, 15) is 18.5 Å². The molecule has 0 aliphatic carbocycles. The quantitative estimate of drug-likeness (QED) is 0.578. The van der Waals surface area contributed by atoms with Crippen LogP contribution in [0.2, 0.25) is 5.02 Å². The van der Waals surface area contributed by atoms with Crippen LogP contribution in [-0.2, 0) is 9.84 Å². The van der Waals surface area contributed by atoms with Crippen molar-refractivity contribution in [1.29, 1.82) is 5.26 Å². The van der Waals surface area contributed by atoms with Crippen LogP contribution in [-0.4, -0.2) is 20.1 Å². The Balaban J connectivity index is 1.82. The second-order valence-electron chi connectivity index (χ2n) is 6.24. The molecule has 0 aromatic heterocycles. The van der Waals surface area contributed by atoms with Gasteiger partial charge in [0.1, 0.15) is 23.1 Å². The number of nitriles is 1. The largest absolute Gasteiger partial charge is 0.456 e. The number of carbonyl (C=O) groups is 1. The van der Waals surface area contributed by atoms with Crippen molar-refractivity contribution in [3.05, 3.63) is 82.9 Å². The highest BCUT2D eigenvalue weighted by atomic mass is 35.5. The summed E-state index contributed by atoms with van der Waals surface area (Å²) in [6, 6.07) is 19.3. The van der Waals surface area contributed by atoms with Gasteiger partial charge in [0.05, 0.1) is 15.7 Å². The Morgan fingerprint density at radius 1 is 1.10 bits per heavy atom. The number of hydrogen-bond donors (Lipinski definition) is 1. The summed E-state index contributed by atoms with van der Waals surface area (Å²) < 4.78 is 29.8. The molecule has 0 radical (unpaired) electrons. The Labute approximate surface area is 179 Å². The van der Waals surface area contributed by atoms with E-state index in [-0.39, 0.29) is 27.0 Å². The Hall–Kier alpha value is -3.34. The van der Waals surface area contributed by atoms with Gasteiger partial charge in [0.2, 0.25) is 0 Å². The van der Waals surface area contributed by atoms with Gasteiger partial charge in [0.15, 0.2) is 9.84 Å². The minimum Gasteiger partial charge on any atom is -0.456 e. The molecule has 3 aromatic carbocycles. The molecule has 0 bridgehead atoms. The molecule has 1 N–H and O–H groups in total. The highest BCUT2D eigenvalue weighted by Crippen LogP contribution is 2.30. The number of sulfone groups is 1. The normalized spacial score (nSPS) is 10.8. The molecule has 0 aliphatic heterocycles. The lowest BCUT2D eigenvalue weighted by Gasteiger charge is -2.11. The summed E-state index contributed by atoms with van der Waals surface area (Å²) in [6.45, 7) is 1.56. The third-order valence-corrected chi connectivity index (χ3v) is 6.29. The number of rotatable bonds is 6. The van der Waals surface area contributed by atoms with Crippen LogP contribution in [0.25, 0.3) is 0 Å². The number of nitrogens with one attached hydrogen (secondary N) is 1. The van der Waals surface area contributed by atoms with Crippen molar-refractivity contribution in [3.8, 4) is 17.6 Å². The summed E-state index contributed by atoms with van der Waals surface area (Å²) in [5.74, 6) is 0.166. The fourth-order valence-corrected chi connectivity index (χ4v) is 3.80. The van der Waals surface area contributed by atoms with Crippen LogP contribution in [0.15, 0.2) is 71.6 Å². The number of nitrogens with zero attached hydrogens (tertiary/aromatic N) is 1. The molecule has 0 atom stereocenters. The Morgan fingerprint density at radius 2 is 1.83 bits per heavy atom. The van der Waals surface area contributed by atoms with Crippen LogP contribution in [0.5, 0.6) is 11.5 Å². The molecule has 1 amide bonds. The summed E-state index contributed by atoms with van der Waals surface area (Å²) in [7, 11) is -3.38. The van der Waals surface area contributed by atoms with Crippen LogP contribution < -0.4 is 10.1 Å². The van der Waals surface area contributed by atoms with Gasteiger partial charge in [0, 0.05) is 11.3 Å². The third-order valence-electron chi connectivity index (χ3n) is 4.24. The standard InChI is InChI=1S/C22H17ClN2O4S/c1-2-30(27,28)18-9-4-7-16(13-18)25-22(26)15-6-3-8-17(12-15)29-21-11-5-10-20(23)19(21)14-24/h3-13H,2H2,1H3,(H,25,26). The lowest BCUT2D eigenvalue weighted by atomic mass is 10.2. The van der Waals surface area contributed by atoms with E-state index in [1.165, 1.54) is 18.2 Å². The summed E-state index contributed by atoms with van der Waals surface area (Å²) in [5, 5.41) is 12.2. The Morgan fingerprint density at radius 3 is 2.57 bits per heavy atom. The van der Waals surface area contributed by atoms with Crippen LogP contribution in [0.4, 0.5) is 5.69 Å². The molecule has 0 saturated carbocycles. The molecule has 152 valence electrons. The van der Waals surface area contributed by atoms with Crippen molar-refractivity contribution in [2.75, 3.05) is 11.1 Å². The highest BCUT2D eigenvalue weighted by Gasteiger charge is 2.14. The summed E-state index contributed by atoms with van der Waals surface area (Å²) in [6.07, 6.45) is 0.